The van der Waals surface area contributed by atoms with Gasteiger partial charge in [-0.1, -0.05) is 32.6 Å². The van der Waals surface area contributed by atoms with E-state index in [1.165, 1.54) is 38.5 Å². The maximum Gasteiger partial charge on any atom is 0.422 e. The first-order chi connectivity index (χ1) is 17.1. The van der Waals surface area contributed by atoms with E-state index in [4.69, 9.17) is 4.74 Å². The van der Waals surface area contributed by atoms with Crippen LogP contribution >= 0.6 is 0 Å². The van der Waals surface area contributed by atoms with E-state index >= 15 is 4.39 Å². The van der Waals surface area contributed by atoms with Crippen LogP contribution in [0.2, 0.25) is 0 Å². The Balaban J connectivity index is 1.45. The molecule has 36 heavy (non-hydrogen) atoms. The second-order valence-corrected chi connectivity index (χ2v) is 10.2. The fourth-order valence-corrected chi connectivity index (χ4v) is 6.18. The van der Waals surface area contributed by atoms with Crippen LogP contribution in [0.5, 0.6) is 11.5 Å². The van der Waals surface area contributed by atoms with Gasteiger partial charge in [-0.2, -0.15) is 13.2 Å². The van der Waals surface area contributed by atoms with Gasteiger partial charge in [-0.05, 0) is 68.3 Å². The predicted molar refractivity (Wildman–Crippen MR) is 122 cm³/mol. The highest BCUT2D eigenvalue weighted by molar-refractivity contribution is 5.39. The highest BCUT2D eigenvalue weighted by Gasteiger charge is 2.38. The van der Waals surface area contributed by atoms with Crippen molar-refractivity contribution < 1.29 is 35.5 Å². The molecular formula is C28H30F7O. The highest BCUT2D eigenvalue weighted by atomic mass is 19.4. The van der Waals surface area contributed by atoms with Crippen molar-refractivity contribution >= 4 is 0 Å². The van der Waals surface area contributed by atoms with Crippen LogP contribution in [0.25, 0.3) is 0 Å². The molecule has 2 fully saturated rings. The van der Waals surface area contributed by atoms with Crippen molar-refractivity contribution in [3.05, 3.63) is 58.7 Å². The molecule has 0 saturated heterocycles. The van der Waals surface area contributed by atoms with Crippen LogP contribution in [-0.2, 0) is 6.18 Å². The molecule has 2 saturated carbocycles. The van der Waals surface area contributed by atoms with Crippen molar-refractivity contribution in [1.82, 2.24) is 0 Å². The fourth-order valence-electron chi connectivity index (χ4n) is 6.18. The summed E-state index contributed by atoms with van der Waals surface area (Å²) >= 11 is 0. The summed E-state index contributed by atoms with van der Waals surface area (Å²) < 4.78 is 101. The molecule has 0 spiro atoms. The third-order valence-electron chi connectivity index (χ3n) is 7.98. The molecule has 0 bridgehead atoms. The van der Waals surface area contributed by atoms with Crippen LogP contribution in [-0.4, -0.2) is 0 Å². The number of halogens is 7. The van der Waals surface area contributed by atoms with Crippen molar-refractivity contribution in [2.24, 2.45) is 17.8 Å². The van der Waals surface area contributed by atoms with Gasteiger partial charge in [0, 0.05) is 23.8 Å². The SMILES string of the molecule is CCC[C@H]1CC[C@H](C2CCC(c3c(F)c[c]c(Oc4cc(F)c(C(F)(F)F)c(F)c4)c3F)CC2)CC1. The Morgan fingerprint density at radius 3 is 1.92 bits per heavy atom. The lowest BCUT2D eigenvalue weighted by Gasteiger charge is -2.38. The van der Waals surface area contributed by atoms with Gasteiger partial charge in [-0.25, -0.2) is 17.6 Å². The van der Waals surface area contributed by atoms with Crippen molar-refractivity contribution in [3.8, 4) is 11.5 Å². The predicted octanol–water partition coefficient (Wildman–Crippen LogP) is 9.73. The molecule has 1 nitrogen and oxygen atoms in total. The van der Waals surface area contributed by atoms with E-state index in [-0.39, 0.29) is 11.5 Å². The molecule has 0 amide bonds. The van der Waals surface area contributed by atoms with Crippen molar-refractivity contribution in [2.75, 3.05) is 0 Å². The zero-order chi connectivity index (χ0) is 26.0. The van der Waals surface area contributed by atoms with Crippen LogP contribution in [0.15, 0.2) is 18.2 Å². The van der Waals surface area contributed by atoms with Gasteiger partial charge in [0.05, 0.1) is 0 Å². The number of ether oxygens (including phenoxy) is 1. The molecule has 0 aromatic heterocycles. The monoisotopic (exact) mass is 515 g/mol. The van der Waals surface area contributed by atoms with Crippen LogP contribution in [0.3, 0.4) is 0 Å². The molecule has 2 aliphatic rings. The lowest BCUT2D eigenvalue weighted by molar-refractivity contribution is -0.142. The van der Waals surface area contributed by atoms with E-state index in [0.29, 0.717) is 36.8 Å². The van der Waals surface area contributed by atoms with E-state index in [1.54, 1.807) is 0 Å². The first kappa shape index (κ1) is 26.8. The molecular weight excluding hydrogens is 485 g/mol. The molecule has 2 aromatic rings. The first-order valence-corrected chi connectivity index (χ1v) is 12.7. The van der Waals surface area contributed by atoms with Gasteiger partial charge >= 0.3 is 6.18 Å². The standard InChI is InChI=1S/C28H30F7O/c1-2-3-16-4-6-17(7-5-16)18-8-10-19(11-9-18)25-21(29)12-13-24(27(25)32)36-20-14-22(30)26(23(31)15-20)28(33,34)35/h12,14-19H,2-11H2,1H3/t16-,17-,18?,19?. The fraction of sp³-hybridized carbons (Fsp3) is 0.571. The minimum atomic E-state index is -5.24. The minimum Gasteiger partial charge on any atom is -0.453 e. The van der Waals surface area contributed by atoms with Crippen LogP contribution in [0.1, 0.15) is 88.2 Å². The van der Waals surface area contributed by atoms with Gasteiger partial charge < -0.3 is 4.74 Å². The van der Waals surface area contributed by atoms with Crippen molar-refractivity contribution in [2.45, 2.75) is 83.2 Å². The number of alkyl halides is 3. The molecule has 0 unspecified atom stereocenters. The first-order valence-electron chi connectivity index (χ1n) is 12.7. The summed E-state index contributed by atoms with van der Waals surface area (Å²) in [5.41, 5.74) is -2.23. The third kappa shape index (κ3) is 5.83. The summed E-state index contributed by atoms with van der Waals surface area (Å²) in [7, 11) is 0. The summed E-state index contributed by atoms with van der Waals surface area (Å²) in [6.07, 6.45) is 5.14. The Kier molecular flexibility index (Phi) is 8.20. The third-order valence-corrected chi connectivity index (χ3v) is 7.98. The minimum absolute atomic E-state index is 0.165. The normalized spacial score (nSPS) is 25.1. The van der Waals surface area contributed by atoms with Crippen LogP contribution in [0, 0.1) is 47.1 Å². The summed E-state index contributed by atoms with van der Waals surface area (Å²) in [4.78, 5) is 0. The van der Waals surface area contributed by atoms with E-state index in [2.05, 4.69) is 13.0 Å². The molecule has 2 aliphatic carbocycles. The molecule has 0 aliphatic heterocycles. The molecule has 8 heteroatoms. The second-order valence-electron chi connectivity index (χ2n) is 10.2. The Morgan fingerprint density at radius 2 is 1.39 bits per heavy atom. The Labute approximate surface area is 207 Å². The van der Waals surface area contributed by atoms with E-state index in [9.17, 15) is 26.3 Å². The summed E-state index contributed by atoms with van der Waals surface area (Å²) in [6, 6.07) is 3.79. The number of hydrogen-bond acceptors (Lipinski definition) is 1. The maximum atomic E-state index is 15.3. The van der Waals surface area contributed by atoms with Crippen molar-refractivity contribution in [3.63, 3.8) is 0 Å². The maximum absolute atomic E-state index is 15.3. The quantitative estimate of drug-likeness (QED) is 0.348. The highest BCUT2D eigenvalue weighted by Crippen LogP contribution is 2.46. The van der Waals surface area contributed by atoms with E-state index in [0.717, 1.165) is 24.8 Å². The smallest absolute Gasteiger partial charge is 0.422 e. The lowest BCUT2D eigenvalue weighted by Crippen LogP contribution is -2.26. The van der Waals surface area contributed by atoms with E-state index in [1.807, 2.05) is 0 Å². The summed E-state index contributed by atoms with van der Waals surface area (Å²) in [5, 5.41) is 0. The largest absolute Gasteiger partial charge is 0.453 e. The zero-order valence-electron chi connectivity index (χ0n) is 20.2. The van der Waals surface area contributed by atoms with Gasteiger partial charge in [-0.15, -0.1) is 0 Å². The number of benzene rings is 2. The molecule has 4 rings (SSSR count). The topological polar surface area (TPSA) is 9.23 Å². The average Bonchev–Trinajstić information content (AvgIpc) is 2.81. The number of hydrogen-bond donors (Lipinski definition) is 0. The lowest BCUT2D eigenvalue weighted by atomic mass is 9.68. The van der Waals surface area contributed by atoms with Gasteiger partial charge in [0.1, 0.15) is 28.8 Å². The van der Waals surface area contributed by atoms with Gasteiger partial charge in [-0.3, -0.25) is 0 Å². The van der Waals surface area contributed by atoms with Crippen LogP contribution in [0.4, 0.5) is 30.7 Å². The van der Waals surface area contributed by atoms with Gasteiger partial charge in [0.25, 0.3) is 0 Å². The molecule has 0 atom stereocenters. The summed E-state index contributed by atoms with van der Waals surface area (Å²) in [6.45, 7) is 2.21. The number of rotatable bonds is 6. The average molecular weight is 516 g/mol. The molecule has 197 valence electrons. The second kappa shape index (κ2) is 11.0. The van der Waals surface area contributed by atoms with Gasteiger partial charge in [0.2, 0.25) is 0 Å². The van der Waals surface area contributed by atoms with Gasteiger partial charge in [0.15, 0.2) is 11.6 Å². The Hall–Kier alpha value is -2.25. The summed E-state index contributed by atoms with van der Waals surface area (Å²) in [5.74, 6) is -5.25. The molecule has 0 heterocycles. The van der Waals surface area contributed by atoms with Crippen LogP contribution < -0.4 is 4.74 Å². The van der Waals surface area contributed by atoms with E-state index < -0.39 is 46.5 Å². The molecule has 0 N–H and O–H groups in total. The Morgan fingerprint density at radius 1 is 0.833 bits per heavy atom. The molecule has 2 aromatic carbocycles. The van der Waals surface area contributed by atoms with Crippen molar-refractivity contribution in [1.29, 1.82) is 0 Å². The molecule has 1 radical (unpaired) electrons. The Bertz CT molecular complexity index is 1030. The zero-order valence-corrected chi connectivity index (χ0v) is 20.2.